The highest BCUT2D eigenvalue weighted by Gasteiger charge is 2.35. The first-order valence-corrected chi connectivity index (χ1v) is 8.44. The molecule has 1 N–H and O–H groups in total. The van der Waals surface area contributed by atoms with Crippen molar-refractivity contribution in [3.05, 3.63) is 69.1 Å². The number of aromatic amines is 1. The SMILES string of the molecule is O=c1[nH]ncc(N2CCc3ncn(-c4ccccc4C(F)(F)F)c3C2)c1Cl. The van der Waals surface area contributed by atoms with Crippen LogP contribution in [0.3, 0.4) is 0 Å². The van der Waals surface area contributed by atoms with E-state index >= 15 is 0 Å². The van der Waals surface area contributed by atoms with E-state index in [4.69, 9.17) is 11.6 Å². The molecule has 1 aliphatic rings. The van der Waals surface area contributed by atoms with Crippen LogP contribution in [0.5, 0.6) is 0 Å². The number of rotatable bonds is 2. The van der Waals surface area contributed by atoms with Gasteiger partial charge in [0.25, 0.3) is 5.56 Å². The number of aromatic nitrogens is 4. The Morgan fingerprint density at radius 1 is 1.19 bits per heavy atom. The number of nitrogens with one attached hydrogen (secondary N) is 1. The predicted molar refractivity (Wildman–Crippen MR) is 93.2 cm³/mol. The number of benzene rings is 1. The van der Waals surface area contributed by atoms with Crippen molar-refractivity contribution in [3.63, 3.8) is 0 Å². The first kappa shape index (κ1) is 17.6. The Morgan fingerprint density at radius 2 is 1.96 bits per heavy atom. The van der Waals surface area contributed by atoms with Crippen LogP contribution in [0, 0.1) is 0 Å². The summed E-state index contributed by atoms with van der Waals surface area (Å²) >= 11 is 6.07. The van der Waals surface area contributed by atoms with Crippen LogP contribution in [-0.4, -0.2) is 26.3 Å². The number of H-pyrrole nitrogens is 1. The summed E-state index contributed by atoms with van der Waals surface area (Å²) in [6.07, 6.45) is -1.14. The average Bonchev–Trinajstić information content (AvgIpc) is 3.06. The Kier molecular flexibility index (Phi) is 4.18. The van der Waals surface area contributed by atoms with Crippen LogP contribution < -0.4 is 10.5 Å². The quantitative estimate of drug-likeness (QED) is 0.723. The van der Waals surface area contributed by atoms with Crippen molar-refractivity contribution in [2.45, 2.75) is 19.1 Å². The summed E-state index contributed by atoms with van der Waals surface area (Å²) < 4.78 is 41.7. The highest BCUT2D eigenvalue weighted by molar-refractivity contribution is 6.32. The van der Waals surface area contributed by atoms with E-state index in [1.165, 1.54) is 29.2 Å². The van der Waals surface area contributed by atoms with Gasteiger partial charge in [0.05, 0.1) is 47.4 Å². The Bertz CT molecular complexity index is 1060. The summed E-state index contributed by atoms with van der Waals surface area (Å²) in [5, 5.41) is 6.00. The Hall–Kier alpha value is -2.81. The standard InChI is InChI=1S/C17H13ClF3N5O/c18-15-13(7-23-24-16(15)27)25-6-5-11-14(8-25)26(9-22-11)12-4-2-1-3-10(12)17(19,20)21/h1-4,7,9H,5-6,8H2,(H,24,27). The fraction of sp³-hybridized carbons (Fsp3) is 0.235. The number of para-hydroxylation sites is 1. The van der Waals surface area contributed by atoms with Gasteiger partial charge in [-0.15, -0.1) is 0 Å². The maximum Gasteiger partial charge on any atom is 0.418 e. The first-order valence-electron chi connectivity index (χ1n) is 8.06. The van der Waals surface area contributed by atoms with Gasteiger partial charge in [0.1, 0.15) is 5.02 Å². The third-order valence-corrected chi connectivity index (χ3v) is 4.86. The molecule has 1 aliphatic heterocycles. The van der Waals surface area contributed by atoms with Gasteiger partial charge in [0, 0.05) is 13.0 Å². The van der Waals surface area contributed by atoms with Crippen LogP contribution in [0.4, 0.5) is 18.9 Å². The second-order valence-electron chi connectivity index (χ2n) is 6.09. The number of imidazole rings is 1. The summed E-state index contributed by atoms with van der Waals surface area (Å²) in [5.41, 5.74) is 0.527. The molecule has 0 bridgehead atoms. The zero-order chi connectivity index (χ0) is 19.2. The molecule has 0 radical (unpaired) electrons. The molecule has 4 rings (SSSR count). The van der Waals surface area contributed by atoms with E-state index in [0.29, 0.717) is 24.3 Å². The van der Waals surface area contributed by atoms with Crippen molar-refractivity contribution >= 4 is 17.3 Å². The third-order valence-electron chi connectivity index (χ3n) is 4.50. The Balaban J connectivity index is 1.78. The number of hydrogen-bond donors (Lipinski definition) is 1. The van der Waals surface area contributed by atoms with Gasteiger partial charge in [-0.1, -0.05) is 23.7 Å². The Labute approximate surface area is 156 Å². The lowest BCUT2D eigenvalue weighted by atomic mass is 10.1. The molecule has 0 fully saturated rings. The second-order valence-corrected chi connectivity index (χ2v) is 6.47. The zero-order valence-corrected chi connectivity index (χ0v) is 14.6. The van der Waals surface area contributed by atoms with E-state index in [2.05, 4.69) is 15.2 Å². The van der Waals surface area contributed by atoms with Crippen LogP contribution in [0.1, 0.15) is 17.0 Å². The van der Waals surface area contributed by atoms with Crippen molar-refractivity contribution in [2.75, 3.05) is 11.4 Å². The van der Waals surface area contributed by atoms with Crippen molar-refractivity contribution in [3.8, 4) is 5.69 Å². The van der Waals surface area contributed by atoms with E-state index in [1.807, 2.05) is 0 Å². The van der Waals surface area contributed by atoms with E-state index in [-0.39, 0.29) is 17.3 Å². The summed E-state index contributed by atoms with van der Waals surface area (Å²) in [6.45, 7) is 0.780. The van der Waals surface area contributed by atoms with E-state index in [1.54, 1.807) is 11.0 Å². The van der Waals surface area contributed by atoms with Gasteiger partial charge < -0.3 is 9.47 Å². The van der Waals surface area contributed by atoms with Gasteiger partial charge >= 0.3 is 6.18 Å². The molecule has 0 spiro atoms. The van der Waals surface area contributed by atoms with Gasteiger partial charge in [-0.25, -0.2) is 10.1 Å². The van der Waals surface area contributed by atoms with Crippen molar-refractivity contribution in [1.29, 1.82) is 0 Å². The van der Waals surface area contributed by atoms with E-state index in [9.17, 15) is 18.0 Å². The minimum absolute atomic E-state index is 0.00444. The third kappa shape index (κ3) is 3.08. The van der Waals surface area contributed by atoms with Crippen LogP contribution in [0.2, 0.25) is 5.02 Å². The molecule has 10 heteroatoms. The lowest BCUT2D eigenvalue weighted by Crippen LogP contribution is -2.33. The van der Waals surface area contributed by atoms with Gasteiger partial charge in [0.15, 0.2) is 0 Å². The molecule has 6 nitrogen and oxygen atoms in total. The summed E-state index contributed by atoms with van der Waals surface area (Å²) in [6, 6.07) is 5.35. The fourth-order valence-corrected chi connectivity index (χ4v) is 3.43. The lowest BCUT2D eigenvalue weighted by molar-refractivity contribution is -0.137. The van der Waals surface area contributed by atoms with Gasteiger partial charge in [-0.2, -0.15) is 18.3 Å². The maximum absolute atomic E-state index is 13.4. The molecule has 3 aromatic rings. The Morgan fingerprint density at radius 3 is 2.74 bits per heavy atom. The van der Waals surface area contributed by atoms with E-state index < -0.39 is 17.3 Å². The minimum Gasteiger partial charge on any atom is -0.363 e. The maximum atomic E-state index is 13.4. The summed E-state index contributed by atoms with van der Waals surface area (Å²) in [5.74, 6) is 0. The number of fused-ring (bicyclic) bond motifs is 1. The normalized spacial score (nSPS) is 14.3. The molecule has 0 saturated heterocycles. The van der Waals surface area contributed by atoms with Crippen LogP contribution in [-0.2, 0) is 19.1 Å². The smallest absolute Gasteiger partial charge is 0.363 e. The minimum atomic E-state index is -4.48. The van der Waals surface area contributed by atoms with Gasteiger partial charge in [-0.05, 0) is 12.1 Å². The molecular formula is C17H13ClF3N5O. The average molecular weight is 396 g/mol. The number of halogens is 4. The van der Waals surface area contributed by atoms with Crippen LogP contribution in [0.25, 0.3) is 5.69 Å². The summed E-state index contributed by atoms with van der Waals surface area (Å²) in [4.78, 5) is 17.8. The lowest BCUT2D eigenvalue weighted by Gasteiger charge is -2.29. The molecular weight excluding hydrogens is 383 g/mol. The molecule has 27 heavy (non-hydrogen) atoms. The first-order chi connectivity index (χ1) is 12.9. The molecule has 0 amide bonds. The number of nitrogens with zero attached hydrogens (tertiary/aromatic N) is 4. The molecule has 0 atom stereocenters. The van der Waals surface area contributed by atoms with Gasteiger partial charge in [-0.3, -0.25) is 4.79 Å². The van der Waals surface area contributed by atoms with Crippen molar-refractivity contribution < 1.29 is 13.2 Å². The molecule has 0 saturated carbocycles. The molecule has 0 aliphatic carbocycles. The largest absolute Gasteiger partial charge is 0.418 e. The highest BCUT2D eigenvalue weighted by Crippen LogP contribution is 2.35. The fourth-order valence-electron chi connectivity index (χ4n) is 3.22. The van der Waals surface area contributed by atoms with Gasteiger partial charge in [0.2, 0.25) is 0 Å². The predicted octanol–water partition coefficient (Wildman–Crippen LogP) is 3.19. The van der Waals surface area contributed by atoms with Crippen molar-refractivity contribution in [2.24, 2.45) is 0 Å². The second kappa shape index (κ2) is 6.41. The van der Waals surface area contributed by atoms with Crippen LogP contribution >= 0.6 is 11.6 Å². The summed E-state index contributed by atoms with van der Waals surface area (Å²) in [7, 11) is 0. The highest BCUT2D eigenvalue weighted by atomic mass is 35.5. The molecule has 0 unspecified atom stereocenters. The monoisotopic (exact) mass is 395 g/mol. The molecule has 3 heterocycles. The number of anilines is 1. The molecule has 140 valence electrons. The topological polar surface area (TPSA) is 66.8 Å². The van der Waals surface area contributed by atoms with E-state index in [0.717, 1.165) is 11.8 Å². The molecule has 2 aromatic heterocycles. The van der Waals surface area contributed by atoms with Crippen molar-refractivity contribution in [1.82, 2.24) is 19.7 Å². The van der Waals surface area contributed by atoms with Crippen LogP contribution in [0.15, 0.2) is 41.6 Å². The number of hydrogen-bond acceptors (Lipinski definition) is 4. The number of alkyl halides is 3. The molecule has 1 aromatic carbocycles. The zero-order valence-electron chi connectivity index (χ0n) is 13.8.